The Kier molecular flexibility index (Phi) is 23.0. The Labute approximate surface area is 384 Å². The number of hydrogen-bond acceptors (Lipinski definition) is 15. The summed E-state index contributed by atoms with van der Waals surface area (Å²) in [4.78, 5) is 75.4. The van der Waals surface area contributed by atoms with Crippen molar-refractivity contribution in [1.29, 1.82) is 0 Å². The fourth-order valence-electron chi connectivity index (χ4n) is 5.66. The van der Waals surface area contributed by atoms with E-state index in [1.165, 1.54) is 0 Å². The molecule has 15 heteroatoms. The number of carbonyl (C=O) groups excluding carboxylic acids is 6. The van der Waals surface area contributed by atoms with Crippen molar-refractivity contribution in [2.24, 2.45) is 5.41 Å². The Morgan fingerprint density at radius 3 is 0.909 bits per heavy atom. The Bertz CT molecular complexity index is 1900. The second kappa shape index (κ2) is 28.6. The monoisotopic (exact) mass is 908 g/mol. The van der Waals surface area contributed by atoms with Gasteiger partial charge in [0.15, 0.2) is 18.3 Å². The Morgan fingerprint density at radius 1 is 0.439 bits per heavy atom. The SMILES string of the molecule is C=CC(=O)OC(COCC(CC)(COCC(COC(=O)c1ccc(C=C)cc1)OC(=O)C=C)COCC(COC(=O)c1ccc(C=C)cc1)OC(=O)C=C)COC(=O)c1ccc(C=C)cc1. The molecule has 3 aromatic carbocycles. The van der Waals surface area contributed by atoms with Gasteiger partial charge in [-0.3, -0.25) is 0 Å². The highest BCUT2D eigenvalue weighted by Crippen LogP contribution is 2.25. The molecular weight excluding hydrogens is 853 g/mol. The lowest BCUT2D eigenvalue weighted by atomic mass is 9.88. The molecular formula is C51H56O15. The highest BCUT2D eigenvalue weighted by molar-refractivity contribution is 5.91. The van der Waals surface area contributed by atoms with Crippen LogP contribution in [0.1, 0.15) is 61.1 Å². The molecule has 3 aromatic rings. The van der Waals surface area contributed by atoms with E-state index in [1.807, 2.05) is 6.92 Å². The van der Waals surface area contributed by atoms with Crippen LogP contribution in [-0.2, 0) is 57.0 Å². The zero-order valence-corrected chi connectivity index (χ0v) is 37.1. The van der Waals surface area contributed by atoms with Crippen LogP contribution < -0.4 is 0 Å². The molecule has 0 aliphatic carbocycles. The van der Waals surface area contributed by atoms with Crippen LogP contribution in [0.3, 0.4) is 0 Å². The third kappa shape index (κ3) is 18.5. The molecule has 0 saturated carbocycles. The van der Waals surface area contributed by atoms with Gasteiger partial charge in [0.05, 0.1) is 56.3 Å². The largest absolute Gasteiger partial charge is 0.458 e. The molecule has 0 aliphatic heterocycles. The van der Waals surface area contributed by atoms with Gasteiger partial charge in [-0.05, 0) is 59.5 Å². The normalized spacial score (nSPS) is 12.9. The molecule has 0 aliphatic rings. The van der Waals surface area contributed by atoms with Crippen LogP contribution in [0.25, 0.3) is 18.2 Å². The quantitative estimate of drug-likeness (QED) is 0.0358. The van der Waals surface area contributed by atoms with Gasteiger partial charge in [-0.2, -0.15) is 0 Å². The second-order valence-corrected chi connectivity index (χ2v) is 14.5. The minimum Gasteiger partial charge on any atom is -0.458 e. The lowest BCUT2D eigenvalue weighted by Crippen LogP contribution is -2.41. The highest BCUT2D eigenvalue weighted by Gasteiger charge is 2.33. The molecule has 350 valence electrons. The molecule has 0 N–H and O–H groups in total. The van der Waals surface area contributed by atoms with Crippen LogP contribution in [0.15, 0.2) is 130 Å². The summed E-state index contributed by atoms with van der Waals surface area (Å²) in [5.41, 5.74) is 2.18. The minimum absolute atomic E-state index is 0.109. The molecule has 0 aromatic heterocycles. The van der Waals surface area contributed by atoms with Gasteiger partial charge in [0, 0.05) is 23.6 Å². The van der Waals surface area contributed by atoms with Crippen LogP contribution in [-0.4, -0.2) is 114 Å². The lowest BCUT2D eigenvalue weighted by molar-refractivity contribution is -0.156. The minimum atomic E-state index is -1.07. The van der Waals surface area contributed by atoms with Crippen molar-refractivity contribution in [2.75, 3.05) is 59.5 Å². The van der Waals surface area contributed by atoms with Crippen LogP contribution in [0.5, 0.6) is 0 Å². The average molecular weight is 909 g/mol. The first-order valence-electron chi connectivity index (χ1n) is 20.7. The Hall–Kier alpha value is -7.20. The van der Waals surface area contributed by atoms with E-state index in [0.29, 0.717) is 6.42 Å². The van der Waals surface area contributed by atoms with E-state index in [-0.39, 0.29) is 76.2 Å². The van der Waals surface area contributed by atoms with E-state index in [2.05, 4.69) is 39.5 Å². The van der Waals surface area contributed by atoms with Crippen LogP contribution in [0, 0.1) is 5.41 Å². The summed E-state index contributed by atoms with van der Waals surface area (Å²) >= 11 is 0. The van der Waals surface area contributed by atoms with Gasteiger partial charge in [-0.25, -0.2) is 28.8 Å². The summed E-state index contributed by atoms with van der Waals surface area (Å²) < 4.78 is 51.0. The summed E-state index contributed by atoms with van der Waals surface area (Å²) in [7, 11) is 0. The lowest BCUT2D eigenvalue weighted by Gasteiger charge is -2.33. The molecule has 15 nitrogen and oxygen atoms in total. The topological polar surface area (TPSA) is 185 Å². The number of ether oxygens (including phenoxy) is 9. The van der Waals surface area contributed by atoms with Crippen molar-refractivity contribution >= 4 is 54.0 Å². The van der Waals surface area contributed by atoms with E-state index >= 15 is 0 Å². The second-order valence-electron chi connectivity index (χ2n) is 14.5. The molecule has 0 heterocycles. The molecule has 0 fully saturated rings. The van der Waals surface area contributed by atoms with E-state index in [4.69, 9.17) is 42.6 Å². The standard InChI is InChI=1S/C51H56O15/c1-8-36-15-21-39(22-16-36)48(55)61-30-42(64-45(52)11-4)27-58-33-51(14-7,34-59-28-43(65-46(53)12-5)31-62-49(56)40-23-17-37(9-2)18-24-40)35-60-29-44(66-47(54)13-6)32-63-50(57)41-25-19-38(10-3)20-26-41/h8-13,15-26,42-44H,1-6,14,27-35H2,7H3. The first-order valence-corrected chi connectivity index (χ1v) is 20.7. The van der Waals surface area contributed by atoms with Gasteiger partial charge in [-0.15, -0.1) is 0 Å². The third-order valence-corrected chi connectivity index (χ3v) is 9.58. The van der Waals surface area contributed by atoms with Gasteiger partial charge in [0.2, 0.25) is 0 Å². The van der Waals surface area contributed by atoms with Crippen molar-refractivity contribution in [2.45, 2.75) is 31.7 Å². The van der Waals surface area contributed by atoms with Gasteiger partial charge in [0.25, 0.3) is 0 Å². The maximum atomic E-state index is 12.8. The van der Waals surface area contributed by atoms with Crippen molar-refractivity contribution in [3.05, 3.63) is 164 Å². The van der Waals surface area contributed by atoms with Crippen LogP contribution in [0.4, 0.5) is 0 Å². The van der Waals surface area contributed by atoms with Crippen molar-refractivity contribution < 1.29 is 71.4 Å². The van der Waals surface area contributed by atoms with Gasteiger partial charge >= 0.3 is 35.8 Å². The molecule has 0 spiro atoms. The zero-order valence-electron chi connectivity index (χ0n) is 37.1. The summed E-state index contributed by atoms with van der Waals surface area (Å²) in [6.45, 7) is 21.1. The molecule has 0 saturated heterocycles. The maximum absolute atomic E-state index is 12.8. The number of hydrogen-bond donors (Lipinski definition) is 0. The highest BCUT2D eigenvalue weighted by atomic mass is 16.6. The van der Waals surface area contributed by atoms with Crippen LogP contribution in [0.2, 0.25) is 0 Å². The number of esters is 6. The number of benzene rings is 3. The molecule has 66 heavy (non-hydrogen) atoms. The predicted molar refractivity (Wildman–Crippen MR) is 246 cm³/mol. The zero-order chi connectivity index (χ0) is 48.3. The van der Waals surface area contributed by atoms with Crippen molar-refractivity contribution in [3.8, 4) is 0 Å². The third-order valence-electron chi connectivity index (χ3n) is 9.58. The Morgan fingerprint density at radius 2 is 0.697 bits per heavy atom. The fourth-order valence-corrected chi connectivity index (χ4v) is 5.66. The number of carbonyl (C=O) groups is 6. The maximum Gasteiger partial charge on any atom is 0.338 e. The molecule has 3 unspecified atom stereocenters. The molecule has 3 atom stereocenters. The van der Waals surface area contributed by atoms with Crippen molar-refractivity contribution in [3.63, 3.8) is 0 Å². The van der Waals surface area contributed by atoms with E-state index in [9.17, 15) is 28.8 Å². The van der Waals surface area contributed by atoms with Gasteiger partial charge in [-0.1, -0.05) is 101 Å². The van der Waals surface area contributed by atoms with Gasteiger partial charge < -0.3 is 42.6 Å². The van der Waals surface area contributed by atoms with Crippen molar-refractivity contribution in [1.82, 2.24) is 0 Å². The van der Waals surface area contributed by atoms with E-state index < -0.39 is 59.5 Å². The van der Waals surface area contributed by atoms with Gasteiger partial charge in [0.1, 0.15) is 19.8 Å². The number of rotatable bonds is 31. The molecule has 0 radical (unpaired) electrons. The Balaban J connectivity index is 1.79. The van der Waals surface area contributed by atoms with E-state index in [1.54, 1.807) is 91.0 Å². The first-order chi connectivity index (χ1) is 31.8. The average Bonchev–Trinajstić information content (AvgIpc) is 3.35. The summed E-state index contributed by atoms with van der Waals surface area (Å²) in [6.07, 6.45) is 4.87. The fraction of sp³-hybridized carbons (Fsp3) is 0.294. The molecule has 0 bridgehead atoms. The first kappa shape index (κ1) is 53.1. The van der Waals surface area contributed by atoms with Crippen LogP contribution >= 0.6 is 0 Å². The smallest absolute Gasteiger partial charge is 0.338 e. The molecule has 0 amide bonds. The summed E-state index contributed by atoms with van der Waals surface area (Å²) in [5, 5.41) is 0. The summed E-state index contributed by atoms with van der Waals surface area (Å²) in [5.74, 6) is -4.35. The molecule has 3 rings (SSSR count). The predicted octanol–water partition coefficient (Wildman–Crippen LogP) is 7.23. The van der Waals surface area contributed by atoms with E-state index in [0.717, 1.165) is 34.9 Å². The summed E-state index contributed by atoms with van der Waals surface area (Å²) in [6, 6.07) is 19.6.